The Morgan fingerprint density at radius 2 is 1.91 bits per heavy atom. The maximum Gasteiger partial charge on any atom is 0.224 e. The van der Waals surface area contributed by atoms with Gasteiger partial charge in [-0.05, 0) is 61.8 Å². The van der Waals surface area contributed by atoms with E-state index in [0.717, 1.165) is 38.0 Å². The van der Waals surface area contributed by atoms with Crippen LogP contribution in [0.4, 0.5) is 4.39 Å². The standard InChI is InChI=1S/C25H25Cl2FN4O2/c26-19-3-6-23(21(27)15-19)34-14-13-32-11-7-18(8-12-32)25(33)31-24(22-16-29-9-10-30-22)17-1-4-20(28)5-2-17/h1-6,9-10,15-16,18,24H,7-8,11-14H2,(H,31,33). The lowest BCUT2D eigenvalue weighted by Gasteiger charge is -2.32. The molecule has 178 valence electrons. The van der Waals surface area contributed by atoms with Crippen LogP contribution in [0.3, 0.4) is 0 Å². The van der Waals surface area contributed by atoms with Gasteiger partial charge in [0.15, 0.2) is 0 Å². The molecule has 34 heavy (non-hydrogen) atoms. The van der Waals surface area contributed by atoms with Crippen molar-refractivity contribution < 1.29 is 13.9 Å². The number of nitrogens with one attached hydrogen (secondary N) is 1. The first-order chi connectivity index (χ1) is 16.5. The minimum Gasteiger partial charge on any atom is -0.491 e. The molecule has 0 spiro atoms. The number of rotatable bonds is 8. The van der Waals surface area contributed by atoms with E-state index in [1.807, 2.05) is 0 Å². The number of hydrogen-bond donors (Lipinski definition) is 1. The van der Waals surface area contributed by atoms with E-state index in [-0.39, 0.29) is 17.6 Å². The number of piperidine rings is 1. The second-order valence-electron chi connectivity index (χ2n) is 8.16. The summed E-state index contributed by atoms with van der Waals surface area (Å²) in [6.07, 6.45) is 6.25. The van der Waals surface area contributed by atoms with E-state index in [1.165, 1.54) is 12.1 Å². The van der Waals surface area contributed by atoms with Crippen LogP contribution in [-0.4, -0.2) is 47.0 Å². The molecule has 0 aliphatic carbocycles. The maximum absolute atomic E-state index is 13.4. The Morgan fingerprint density at radius 3 is 2.59 bits per heavy atom. The molecule has 0 saturated carbocycles. The van der Waals surface area contributed by atoms with Crippen molar-refractivity contribution in [3.05, 3.63) is 88.2 Å². The van der Waals surface area contributed by atoms with E-state index in [2.05, 4.69) is 20.2 Å². The lowest BCUT2D eigenvalue weighted by molar-refractivity contribution is -0.127. The highest BCUT2D eigenvalue weighted by Crippen LogP contribution is 2.28. The highest BCUT2D eigenvalue weighted by Gasteiger charge is 2.28. The third kappa shape index (κ3) is 6.44. The fourth-order valence-corrected chi connectivity index (χ4v) is 4.46. The van der Waals surface area contributed by atoms with E-state index in [1.54, 1.807) is 48.9 Å². The summed E-state index contributed by atoms with van der Waals surface area (Å²) in [4.78, 5) is 23.8. The first-order valence-corrected chi connectivity index (χ1v) is 11.9. The first kappa shape index (κ1) is 24.4. The molecule has 4 rings (SSSR count). The monoisotopic (exact) mass is 502 g/mol. The summed E-state index contributed by atoms with van der Waals surface area (Å²) < 4.78 is 19.2. The number of halogens is 3. The average Bonchev–Trinajstić information content (AvgIpc) is 2.85. The summed E-state index contributed by atoms with van der Waals surface area (Å²) in [5.74, 6) is 0.130. The van der Waals surface area contributed by atoms with Crippen LogP contribution in [0.2, 0.25) is 10.0 Å². The molecule has 1 N–H and O–H groups in total. The number of amides is 1. The van der Waals surface area contributed by atoms with Gasteiger partial charge >= 0.3 is 0 Å². The van der Waals surface area contributed by atoms with Gasteiger partial charge in [0.1, 0.15) is 18.2 Å². The van der Waals surface area contributed by atoms with Gasteiger partial charge in [0, 0.05) is 29.9 Å². The highest BCUT2D eigenvalue weighted by molar-refractivity contribution is 6.35. The molecule has 2 aromatic carbocycles. The Hall–Kier alpha value is -2.74. The van der Waals surface area contributed by atoms with Crippen molar-refractivity contribution in [3.8, 4) is 5.75 Å². The molecule has 9 heteroatoms. The number of benzene rings is 2. The minimum absolute atomic E-state index is 0.0381. The van der Waals surface area contributed by atoms with Gasteiger partial charge < -0.3 is 10.1 Å². The smallest absolute Gasteiger partial charge is 0.224 e. The first-order valence-electron chi connectivity index (χ1n) is 11.1. The molecular formula is C25H25Cl2FN4O2. The number of carbonyl (C=O) groups excluding carboxylic acids is 1. The summed E-state index contributed by atoms with van der Waals surface area (Å²) in [5, 5.41) is 4.15. The molecule has 0 radical (unpaired) electrons. The molecular weight excluding hydrogens is 478 g/mol. The van der Waals surface area contributed by atoms with Crippen molar-refractivity contribution >= 4 is 29.1 Å². The predicted molar refractivity (Wildman–Crippen MR) is 130 cm³/mol. The Kier molecular flexibility index (Phi) is 8.32. The zero-order valence-corrected chi connectivity index (χ0v) is 20.0. The molecule has 1 aromatic heterocycles. The van der Waals surface area contributed by atoms with Crippen molar-refractivity contribution in [1.82, 2.24) is 20.2 Å². The molecule has 6 nitrogen and oxygen atoms in total. The second kappa shape index (κ2) is 11.6. The minimum atomic E-state index is -0.489. The van der Waals surface area contributed by atoms with Crippen molar-refractivity contribution in [3.63, 3.8) is 0 Å². The Bertz CT molecular complexity index is 1090. The third-order valence-corrected chi connectivity index (χ3v) is 6.42. The second-order valence-corrected chi connectivity index (χ2v) is 9.01. The van der Waals surface area contributed by atoms with Crippen LogP contribution < -0.4 is 10.1 Å². The fourth-order valence-electron chi connectivity index (χ4n) is 4.00. The lowest BCUT2D eigenvalue weighted by Crippen LogP contribution is -2.43. The summed E-state index contributed by atoms with van der Waals surface area (Å²) in [5.41, 5.74) is 1.36. The van der Waals surface area contributed by atoms with E-state index >= 15 is 0 Å². The Balaban J connectivity index is 1.30. The SMILES string of the molecule is O=C(NC(c1ccc(F)cc1)c1cnccn1)C1CCN(CCOc2ccc(Cl)cc2Cl)CC1. The van der Waals surface area contributed by atoms with Crippen LogP contribution in [0.5, 0.6) is 5.75 Å². The van der Waals surface area contributed by atoms with Crippen LogP contribution in [0.25, 0.3) is 0 Å². The molecule has 3 aromatic rings. The Morgan fingerprint density at radius 1 is 1.15 bits per heavy atom. The van der Waals surface area contributed by atoms with E-state index < -0.39 is 6.04 Å². The molecule has 1 fully saturated rings. The fraction of sp³-hybridized carbons (Fsp3) is 0.320. The summed E-state index contributed by atoms with van der Waals surface area (Å²) in [6.45, 7) is 2.83. The van der Waals surface area contributed by atoms with Gasteiger partial charge in [-0.1, -0.05) is 35.3 Å². The van der Waals surface area contributed by atoms with Crippen LogP contribution in [0.1, 0.15) is 30.1 Å². The van der Waals surface area contributed by atoms with Crippen molar-refractivity contribution in [2.24, 2.45) is 5.92 Å². The van der Waals surface area contributed by atoms with Gasteiger partial charge in [0.05, 0.1) is 23.0 Å². The normalized spacial score (nSPS) is 15.6. The van der Waals surface area contributed by atoms with Gasteiger partial charge in [-0.3, -0.25) is 19.7 Å². The molecule has 0 bridgehead atoms. The van der Waals surface area contributed by atoms with Crippen LogP contribution in [0, 0.1) is 11.7 Å². The van der Waals surface area contributed by atoms with Crippen molar-refractivity contribution in [2.45, 2.75) is 18.9 Å². The van der Waals surface area contributed by atoms with Crippen LogP contribution >= 0.6 is 23.2 Å². The number of likely N-dealkylation sites (tertiary alicyclic amines) is 1. The van der Waals surface area contributed by atoms with E-state index in [0.29, 0.717) is 28.1 Å². The van der Waals surface area contributed by atoms with Crippen LogP contribution in [-0.2, 0) is 4.79 Å². The maximum atomic E-state index is 13.4. The van der Waals surface area contributed by atoms with Crippen LogP contribution in [0.15, 0.2) is 61.1 Å². The summed E-state index contributed by atoms with van der Waals surface area (Å²) >= 11 is 12.1. The van der Waals surface area contributed by atoms with E-state index in [4.69, 9.17) is 27.9 Å². The van der Waals surface area contributed by atoms with E-state index in [9.17, 15) is 9.18 Å². The molecule has 2 heterocycles. The molecule has 1 saturated heterocycles. The third-order valence-electron chi connectivity index (χ3n) is 5.89. The summed E-state index contributed by atoms with van der Waals surface area (Å²) in [6, 6.07) is 10.7. The zero-order chi connectivity index (χ0) is 23.9. The lowest BCUT2D eigenvalue weighted by atomic mass is 9.94. The number of nitrogens with zero attached hydrogens (tertiary/aromatic N) is 3. The quantitative estimate of drug-likeness (QED) is 0.473. The van der Waals surface area contributed by atoms with Gasteiger partial charge in [0.2, 0.25) is 5.91 Å². The molecule has 1 unspecified atom stereocenters. The van der Waals surface area contributed by atoms with Crippen molar-refractivity contribution in [2.75, 3.05) is 26.2 Å². The number of hydrogen-bond acceptors (Lipinski definition) is 5. The molecule has 1 atom stereocenters. The predicted octanol–water partition coefficient (Wildman–Crippen LogP) is 4.92. The van der Waals surface area contributed by atoms with Gasteiger partial charge in [-0.15, -0.1) is 0 Å². The zero-order valence-electron chi connectivity index (χ0n) is 18.5. The Labute approximate surface area is 208 Å². The number of ether oxygens (including phenoxy) is 1. The molecule has 1 amide bonds. The van der Waals surface area contributed by atoms with Gasteiger partial charge in [-0.25, -0.2) is 4.39 Å². The average molecular weight is 503 g/mol. The molecule has 1 aliphatic rings. The van der Waals surface area contributed by atoms with Crippen molar-refractivity contribution in [1.29, 1.82) is 0 Å². The van der Waals surface area contributed by atoms with Gasteiger partial charge in [0.25, 0.3) is 0 Å². The van der Waals surface area contributed by atoms with Gasteiger partial charge in [-0.2, -0.15) is 0 Å². The highest BCUT2D eigenvalue weighted by atomic mass is 35.5. The number of aromatic nitrogens is 2. The number of carbonyl (C=O) groups is 1. The summed E-state index contributed by atoms with van der Waals surface area (Å²) in [7, 11) is 0. The molecule has 1 aliphatic heterocycles. The topological polar surface area (TPSA) is 67.4 Å². The largest absolute Gasteiger partial charge is 0.491 e.